The molecule has 102 valence electrons. The molecule has 0 saturated carbocycles. The van der Waals surface area contributed by atoms with Crippen LogP contribution < -0.4 is 10.6 Å². The molecule has 1 aliphatic heterocycles. The maximum Gasteiger partial charge on any atom is 0.150 e. The van der Waals surface area contributed by atoms with Crippen LogP contribution in [0.1, 0.15) is 45.7 Å². The summed E-state index contributed by atoms with van der Waals surface area (Å²) in [6.45, 7) is 11.9. The highest BCUT2D eigenvalue weighted by atomic mass is 15.4. The summed E-state index contributed by atoms with van der Waals surface area (Å²) in [6.07, 6.45) is 3.76. The number of piperidine rings is 1. The second-order valence-corrected chi connectivity index (χ2v) is 5.79. The monoisotopic (exact) mass is 250 g/mol. The Morgan fingerprint density at radius 3 is 2.39 bits per heavy atom. The fraction of sp³-hybridized carbons (Fsp3) is 0.786. The smallest absolute Gasteiger partial charge is 0.150 e. The second kappa shape index (κ2) is 4.82. The molecule has 0 atom stereocenters. The maximum atomic E-state index is 6.18. The number of hydrogen-bond acceptors (Lipinski definition) is 3. The van der Waals surface area contributed by atoms with Gasteiger partial charge in [0.1, 0.15) is 0 Å². The fourth-order valence-electron chi connectivity index (χ4n) is 2.75. The van der Waals surface area contributed by atoms with Crippen LogP contribution in [0.25, 0.3) is 0 Å². The van der Waals surface area contributed by atoms with Crippen molar-refractivity contribution in [3.05, 3.63) is 5.69 Å². The number of nitrogens with zero attached hydrogens (tertiary/aromatic N) is 3. The number of aromatic nitrogens is 2. The lowest BCUT2D eigenvalue weighted by Crippen LogP contribution is -2.39. The van der Waals surface area contributed by atoms with Gasteiger partial charge in [0.2, 0.25) is 0 Å². The highest BCUT2D eigenvalue weighted by Gasteiger charge is 2.30. The van der Waals surface area contributed by atoms with Gasteiger partial charge in [-0.3, -0.25) is 0 Å². The SMILES string of the molecule is CCn1nc(C)c(N)c1N1CCC(C)(CC)CC1. The minimum absolute atomic E-state index is 0.511. The van der Waals surface area contributed by atoms with Gasteiger partial charge >= 0.3 is 0 Å². The number of rotatable bonds is 3. The fourth-order valence-corrected chi connectivity index (χ4v) is 2.75. The van der Waals surface area contributed by atoms with Gasteiger partial charge in [-0.1, -0.05) is 20.3 Å². The van der Waals surface area contributed by atoms with E-state index >= 15 is 0 Å². The van der Waals surface area contributed by atoms with Gasteiger partial charge in [0.05, 0.1) is 11.4 Å². The van der Waals surface area contributed by atoms with Gasteiger partial charge in [-0.15, -0.1) is 0 Å². The van der Waals surface area contributed by atoms with Gasteiger partial charge in [0.15, 0.2) is 5.82 Å². The van der Waals surface area contributed by atoms with Gasteiger partial charge in [-0.05, 0) is 32.1 Å². The number of nitrogens with two attached hydrogens (primary N) is 1. The van der Waals surface area contributed by atoms with E-state index < -0.39 is 0 Å². The van der Waals surface area contributed by atoms with Gasteiger partial charge in [0.25, 0.3) is 0 Å². The standard InChI is InChI=1S/C14H26N4/c1-5-14(4)7-9-17(10-8-14)13-12(15)11(3)16-18(13)6-2/h5-10,15H2,1-4H3. The van der Waals surface area contributed by atoms with Crippen LogP contribution in [-0.2, 0) is 6.54 Å². The average Bonchev–Trinajstić information content (AvgIpc) is 2.67. The van der Waals surface area contributed by atoms with Gasteiger partial charge in [0, 0.05) is 19.6 Å². The minimum Gasteiger partial charge on any atom is -0.394 e. The van der Waals surface area contributed by atoms with E-state index in [-0.39, 0.29) is 0 Å². The molecule has 18 heavy (non-hydrogen) atoms. The van der Waals surface area contributed by atoms with Gasteiger partial charge < -0.3 is 10.6 Å². The van der Waals surface area contributed by atoms with Crippen molar-refractivity contribution < 1.29 is 0 Å². The number of hydrogen-bond donors (Lipinski definition) is 1. The Kier molecular flexibility index (Phi) is 3.55. The number of nitrogen functional groups attached to an aromatic ring is 1. The lowest BCUT2D eigenvalue weighted by molar-refractivity contribution is 0.237. The first kappa shape index (κ1) is 13.2. The molecule has 0 aromatic carbocycles. The summed E-state index contributed by atoms with van der Waals surface area (Å²) in [4.78, 5) is 2.41. The van der Waals surface area contributed by atoms with Crippen molar-refractivity contribution in [2.75, 3.05) is 23.7 Å². The maximum absolute atomic E-state index is 6.18. The quantitative estimate of drug-likeness (QED) is 0.897. The molecular weight excluding hydrogens is 224 g/mol. The Morgan fingerprint density at radius 1 is 1.28 bits per heavy atom. The Morgan fingerprint density at radius 2 is 1.89 bits per heavy atom. The topological polar surface area (TPSA) is 47.1 Å². The summed E-state index contributed by atoms with van der Waals surface area (Å²) in [5.41, 5.74) is 8.51. The summed E-state index contributed by atoms with van der Waals surface area (Å²) in [7, 11) is 0. The molecule has 0 radical (unpaired) electrons. The molecule has 0 spiro atoms. The molecule has 0 unspecified atom stereocenters. The Hall–Kier alpha value is -1.19. The Bertz CT molecular complexity index is 414. The molecule has 1 fully saturated rings. The number of anilines is 2. The Labute approximate surface area is 110 Å². The van der Waals surface area contributed by atoms with E-state index in [1.54, 1.807) is 0 Å². The predicted octanol–water partition coefficient (Wildman–Crippen LogP) is 2.81. The van der Waals surface area contributed by atoms with Crippen LogP contribution in [-0.4, -0.2) is 22.9 Å². The number of aryl methyl sites for hydroxylation is 2. The molecular formula is C14H26N4. The largest absolute Gasteiger partial charge is 0.394 e. The Balaban J connectivity index is 2.19. The van der Waals surface area contributed by atoms with Gasteiger partial charge in [-0.25, -0.2) is 4.68 Å². The van der Waals surface area contributed by atoms with Crippen LogP contribution in [0.5, 0.6) is 0 Å². The van der Waals surface area contributed by atoms with E-state index in [0.29, 0.717) is 5.41 Å². The van der Waals surface area contributed by atoms with E-state index in [2.05, 4.69) is 30.8 Å². The normalized spacial score (nSPS) is 19.2. The van der Waals surface area contributed by atoms with Crippen LogP contribution in [0, 0.1) is 12.3 Å². The second-order valence-electron chi connectivity index (χ2n) is 5.79. The molecule has 1 saturated heterocycles. The molecule has 1 aromatic heterocycles. The van der Waals surface area contributed by atoms with E-state index in [4.69, 9.17) is 5.73 Å². The summed E-state index contributed by atoms with van der Waals surface area (Å²) < 4.78 is 2.04. The summed E-state index contributed by atoms with van der Waals surface area (Å²) in [6, 6.07) is 0. The van der Waals surface area contributed by atoms with Crippen LogP contribution >= 0.6 is 0 Å². The van der Waals surface area contributed by atoms with Crippen molar-refractivity contribution in [3.8, 4) is 0 Å². The third kappa shape index (κ3) is 2.20. The summed E-state index contributed by atoms with van der Waals surface area (Å²) in [5.74, 6) is 1.13. The van der Waals surface area contributed by atoms with Crippen molar-refractivity contribution in [3.63, 3.8) is 0 Å². The summed E-state index contributed by atoms with van der Waals surface area (Å²) >= 11 is 0. The van der Waals surface area contributed by atoms with Crippen LogP contribution in [0.2, 0.25) is 0 Å². The zero-order chi connectivity index (χ0) is 13.3. The van der Waals surface area contributed by atoms with Crippen LogP contribution in [0.3, 0.4) is 0 Å². The third-order valence-corrected chi connectivity index (χ3v) is 4.57. The third-order valence-electron chi connectivity index (χ3n) is 4.57. The van der Waals surface area contributed by atoms with E-state index in [1.807, 2.05) is 11.6 Å². The van der Waals surface area contributed by atoms with Crippen molar-refractivity contribution in [1.29, 1.82) is 0 Å². The van der Waals surface area contributed by atoms with E-state index in [9.17, 15) is 0 Å². The molecule has 0 amide bonds. The van der Waals surface area contributed by atoms with Gasteiger partial charge in [-0.2, -0.15) is 5.10 Å². The van der Waals surface area contributed by atoms with Crippen molar-refractivity contribution in [2.24, 2.45) is 5.41 Å². The first-order valence-electron chi connectivity index (χ1n) is 7.08. The van der Waals surface area contributed by atoms with E-state index in [1.165, 1.54) is 19.3 Å². The van der Waals surface area contributed by atoms with Crippen molar-refractivity contribution in [1.82, 2.24) is 9.78 Å². The summed E-state index contributed by atoms with van der Waals surface area (Å²) in [5, 5.41) is 4.51. The van der Waals surface area contributed by atoms with E-state index in [0.717, 1.165) is 36.8 Å². The lowest BCUT2D eigenvalue weighted by Gasteiger charge is -2.40. The molecule has 0 aliphatic carbocycles. The van der Waals surface area contributed by atoms with Crippen molar-refractivity contribution in [2.45, 2.75) is 53.5 Å². The molecule has 2 heterocycles. The van der Waals surface area contributed by atoms with Crippen molar-refractivity contribution >= 4 is 11.5 Å². The molecule has 0 bridgehead atoms. The zero-order valence-electron chi connectivity index (χ0n) is 12.2. The highest BCUT2D eigenvalue weighted by molar-refractivity contribution is 5.66. The average molecular weight is 250 g/mol. The molecule has 4 heteroatoms. The molecule has 1 aliphatic rings. The molecule has 1 aromatic rings. The highest BCUT2D eigenvalue weighted by Crippen LogP contribution is 2.37. The first-order valence-corrected chi connectivity index (χ1v) is 7.08. The van der Waals surface area contributed by atoms with Crippen LogP contribution in [0.15, 0.2) is 0 Å². The van der Waals surface area contributed by atoms with Crippen LogP contribution in [0.4, 0.5) is 11.5 Å². The molecule has 4 nitrogen and oxygen atoms in total. The molecule has 2 rings (SSSR count). The zero-order valence-corrected chi connectivity index (χ0v) is 12.2. The molecule has 2 N–H and O–H groups in total. The first-order chi connectivity index (χ1) is 8.50. The minimum atomic E-state index is 0.511. The predicted molar refractivity (Wildman–Crippen MR) is 76.9 cm³/mol. The lowest BCUT2D eigenvalue weighted by atomic mass is 9.78.